The van der Waals surface area contributed by atoms with Crippen molar-refractivity contribution in [3.8, 4) is 11.5 Å². The average Bonchev–Trinajstić information content (AvgIpc) is 2.53. The number of carbonyl (C=O) groups excluding carboxylic acids is 1. The van der Waals surface area contributed by atoms with Crippen molar-refractivity contribution >= 4 is 15.8 Å². The maximum atomic E-state index is 12.1. The minimum atomic E-state index is -3.10. The third-order valence-corrected chi connectivity index (χ3v) is 3.98. The van der Waals surface area contributed by atoms with Crippen LogP contribution in [-0.4, -0.2) is 27.2 Å². The fraction of sp³-hybridized carbons (Fsp3) is 0.278. The molecule has 0 aliphatic rings. The first-order chi connectivity index (χ1) is 11.4. The van der Waals surface area contributed by atoms with Gasteiger partial charge >= 0.3 is 5.97 Å². The van der Waals surface area contributed by atoms with Gasteiger partial charge in [0.05, 0.1) is 17.9 Å². The van der Waals surface area contributed by atoms with Crippen molar-refractivity contribution in [3.63, 3.8) is 0 Å². The summed E-state index contributed by atoms with van der Waals surface area (Å²) >= 11 is 0. The highest BCUT2D eigenvalue weighted by molar-refractivity contribution is 7.89. The summed E-state index contributed by atoms with van der Waals surface area (Å²) in [5, 5.41) is 0. The van der Waals surface area contributed by atoms with Crippen LogP contribution in [0.15, 0.2) is 48.5 Å². The number of benzene rings is 2. The molecule has 0 saturated heterocycles. The summed E-state index contributed by atoms with van der Waals surface area (Å²) in [5.41, 5.74) is 0.991. The molecular weight excluding hydrogens is 328 g/mol. The average molecular weight is 348 g/mol. The predicted octanol–water partition coefficient (Wildman–Crippen LogP) is 3.24. The number of carbonyl (C=O) groups is 1. The second-order valence-electron chi connectivity index (χ2n) is 5.48. The van der Waals surface area contributed by atoms with E-state index in [0.717, 1.165) is 12.2 Å². The van der Waals surface area contributed by atoms with Gasteiger partial charge in [-0.2, -0.15) is 0 Å². The molecule has 5 nitrogen and oxygen atoms in total. The van der Waals surface area contributed by atoms with Crippen LogP contribution in [0.3, 0.4) is 0 Å². The maximum Gasteiger partial charge on any atom is 0.343 e. The number of hydrogen-bond donors (Lipinski definition) is 0. The fourth-order valence-corrected chi connectivity index (χ4v) is 2.83. The van der Waals surface area contributed by atoms with Gasteiger partial charge in [0.1, 0.15) is 11.5 Å². The summed E-state index contributed by atoms with van der Waals surface area (Å²) in [5.74, 6) is 0.593. The Morgan fingerprint density at radius 2 is 1.54 bits per heavy atom. The van der Waals surface area contributed by atoms with Crippen LogP contribution in [-0.2, 0) is 15.6 Å². The summed E-state index contributed by atoms with van der Waals surface area (Å²) < 4.78 is 33.3. The summed E-state index contributed by atoms with van der Waals surface area (Å²) in [6.45, 7) is 2.66. The lowest BCUT2D eigenvalue weighted by atomic mass is 10.1. The lowest BCUT2D eigenvalue weighted by Crippen LogP contribution is -2.09. The molecule has 0 atom stereocenters. The van der Waals surface area contributed by atoms with Crippen molar-refractivity contribution in [2.24, 2.45) is 0 Å². The van der Waals surface area contributed by atoms with E-state index in [0.29, 0.717) is 23.5 Å². The van der Waals surface area contributed by atoms with Gasteiger partial charge in [0.15, 0.2) is 9.84 Å². The van der Waals surface area contributed by atoms with Crippen molar-refractivity contribution in [1.82, 2.24) is 0 Å². The summed E-state index contributed by atoms with van der Waals surface area (Å²) in [6.07, 6.45) is 2.09. The standard InChI is InChI=1S/C18H20O5S/c1-3-12-22-16-8-10-17(11-9-16)23-18(19)15-6-4-14(5-7-15)13-24(2,20)21/h4-11H,3,12-13H2,1-2H3. The fourth-order valence-electron chi connectivity index (χ4n) is 2.03. The first kappa shape index (κ1) is 18.0. The van der Waals surface area contributed by atoms with Gasteiger partial charge in [-0.25, -0.2) is 13.2 Å². The molecule has 0 aliphatic carbocycles. The monoisotopic (exact) mass is 348 g/mol. The summed E-state index contributed by atoms with van der Waals surface area (Å²) in [7, 11) is -3.10. The number of esters is 1. The van der Waals surface area contributed by atoms with Gasteiger partial charge in [-0.3, -0.25) is 0 Å². The third kappa shape index (κ3) is 5.70. The lowest BCUT2D eigenvalue weighted by molar-refractivity contribution is 0.0734. The zero-order chi connectivity index (χ0) is 17.6. The Kier molecular flexibility index (Phi) is 5.98. The molecule has 0 aromatic heterocycles. The molecule has 2 rings (SSSR count). The molecule has 128 valence electrons. The van der Waals surface area contributed by atoms with E-state index in [9.17, 15) is 13.2 Å². The Labute approximate surface area is 142 Å². The molecule has 0 heterocycles. The molecule has 0 N–H and O–H groups in total. The minimum Gasteiger partial charge on any atom is -0.494 e. The Balaban J connectivity index is 1.99. The van der Waals surface area contributed by atoms with Crippen molar-refractivity contribution in [2.75, 3.05) is 12.9 Å². The number of ether oxygens (including phenoxy) is 2. The van der Waals surface area contributed by atoms with Crippen molar-refractivity contribution in [3.05, 3.63) is 59.7 Å². The van der Waals surface area contributed by atoms with Gasteiger partial charge in [0.2, 0.25) is 0 Å². The summed E-state index contributed by atoms with van der Waals surface area (Å²) in [6, 6.07) is 13.2. The molecule has 6 heteroatoms. The SMILES string of the molecule is CCCOc1ccc(OC(=O)c2ccc(CS(C)(=O)=O)cc2)cc1. The molecular formula is C18H20O5S. The molecule has 0 radical (unpaired) electrons. The van der Waals surface area contributed by atoms with Crippen LogP contribution < -0.4 is 9.47 Å². The first-order valence-corrected chi connectivity index (χ1v) is 9.65. The van der Waals surface area contributed by atoms with E-state index in [2.05, 4.69) is 0 Å². The smallest absolute Gasteiger partial charge is 0.343 e. The van der Waals surface area contributed by atoms with Crippen LogP contribution in [0.4, 0.5) is 0 Å². The lowest BCUT2D eigenvalue weighted by Gasteiger charge is -2.07. The minimum absolute atomic E-state index is 0.0540. The number of rotatable bonds is 7. The molecule has 2 aromatic rings. The van der Waals surface area contributed by atoms with Gasteiger partial charge < -0.3 is 9.47 Å². The first-order valence-electron chi connectivity index (χ1n) is 7.59. The van der Waals surface area contributed by atoms with E-state index >= 15 is 0 Å². The topological polar surface area (TPSA) is 69.7 Å². The van der Waals surface area contributed by atoms with Crippen LogP contribution in [0.2, 0.25) is 0 Å². The van der Waals surface area contributed by atoms with E-state index in [1.165, 1.54) is 6.26 Å². The Bertz CT molecular complexity index is 777. The third-order valence-electron chi connectivity index (χ3n) is 3.13. The zero-order valence-corrected chi connectivity index (χ0v) is 14.5. The van der Waals surface area contributed by atoms with Gasteiger partial charge in [0, 0.05) is 6.26 Å². The van der Waals surface area contributed by atoms with Gasteiger partial charge in [0.25, 0.3) is 0 Å². The molecule has 24 heavy (non-hydrogen) atoms. The Morgan fingerprint density at radius 3 is 2.08 bits per heavy atom. The van der Waals surface area contributed by atoms with Gasteiger partial charge in [-0.15, -0.1) is 0 Å². The maximum absolute atomic E-state index is 12.1. The van der Waals surface area contributed by atoms with Gasteiger partial charge in [-0.05, 0) is 48.4 Å². The molecule has 2 aromatic carbocycles. The van der Waals surface area contributed by atoms with E-state index in [1.807, 2.05) is 6.92 Å². The van der Waals surface area contributed by atoms with Crippen LogP contribution in [0, 0.1) is 0 Å². The van der Waals surface area contributed by atoms with E-state index < -0.39 is 15.8 Å². The molecule has 0 bridgehead atoms. The molecule has 0 spiro atoms. The van der Waals surface area contributed by atoms with Gasteiger partial charge in [-0.1, -0.05) is 19.1 Å². The highest BCUT2D eigenvalue weighted by Gasteiger charge is 2.10. The second-order valence-corrected chi connectivity index (χ2v) is 7.62. The second kappa shape index (κ2) is 7.97. The molecule has 0 fully saturated rings. The van der Waals surface area contributed by atoms with Crippen molar-refractivity contribution < 1.29 is 22.7 Å². The van der Waals surface area contributed by atoms with E-state index in [-0.39, 0.29) is 5.75 Å². The van der Waals surface area contributed by atoms with Crippen LogP contribution in [0.25, 0.3) is 0 Å². The quantitative estimate of drug-likeness (QED) is 0.567. The van der Waals surface area contributed by atoms with Crippen LogP contribution in [0.1, 0.15) is 29.3 Å². The number of sulfone groups is 1. The van der Waals surface area contributed by atoms with Crippen LogP contribution >= 0.6 is 0 Å². The molecule has 0 unspecified atom stereocenters. The Hall–Kier alpha value is -2.34. The van der Waals surface area contributed by atoms with E-state index in [4.69, 9.17) is 9.47 Å². The summed E-state index contributed by atoms with van der Waals surface area (Å²) in [4.78, 5) is 12.1. The molecule has 0 saturated carbocycles. The highest BCUT2D eigenvalue weighted by Crippen LogP contribution is 2.19. The van der Waals surface area contributed by atoms with E-state index in [1.54, 1.807) is 48.5 Å². The van der Waals surface area contributed by atoms with Crippen molar-refractivity contribution in [2.45, 2.75) is 19.1 Å². The van der Waals surface area contributed by atoms with Crippen LogP contribution in [0.5, 0.6) is 11.5 Å². The molecule has 0 amide bonds. The van der Waals surface area contributed by atoms with Crippen molar-refractivity contribution in [1.29, 1.82) is 0 Å². The molecule has 0 aliphatic heterocycles. The normalized spacial score (nSPS) is 11.1. The predicted molar refractivity (Wildman–Crippen MR) is 92.2 cm³/mol. The Morgan fingerprint density at radius 1 is 0.958 bits per heavy atom. The number of hydrogen-bond acceptors (Lipinski definition) is 5. The largest absolute Gasteiger partial charge is 0.494 e. The highest BCUT2D eigenvalue weighted by atomic mass is 32.2. The zero-order valence-electron chi connectivity index (χ0n) is 13.7.